The first kappa shape index (κ1) is 14.6. The number of hydrogen-bond donors (Lipinski definition) is 2. The molecule has 0 bridgehead atoms. The van der Waals surface area contributed by atoms with Gasteiger partial charge in [-0.1, -0.05) is 0 Å². The van der Waals surface area contributed by atoms with Gasteiger partial charge in [-0.15, -0.1) is 0 Å². The van der Waals surface area contributed by atoms with Crippen LogP contribution in [0.1, 0.15) is 10.4 Å². The third-order valence-corrected chi connectivity index (χ3v) is 3.27. The molecule has 1 aromatic rings. The molecule has 0 spiro atoms. The van der Waals surface area contributed by atoms with Gasteiger partial charge in [-0.3, -0.25) is 9.69 Å². The van der Waals surface area contributed by atoms with Crippen molar-refractivity contribution in [1.29, 1.82) is 0 Å². The summed E-state index contributed by atoms with van der Waals surface area (Å²) in [7, 11) is 1.59. The predicted molar refractivity (Wildman–Crippen MR) is 77.0 cm³/mol. The molecule has 110 valence electrons. The molecule has 6 nitrogen and oxygen atoms in total. The zero-order chi connectivity index (χ0) is 14.4. The summed E-state index contributed by atoms with van der Waals surface area (Å²) in [6.45, 7) is 4.77. The van der Waals surface area contributed by atoms with Crippen molar-refractivity contribution in [3.05, 3.63) is 23.8 Å². The second-order valence-corrected chi connectivity index (χ2v) is 4.63. The molecule has 1 aromatic carbocycles. The number of nitrogens with one attached hydrogen (secondary N) is 1. The molecule has 0 unspecified atom stereocenters. The van der Waals surface area contributed by atoms with Gasteiger partial charge < -0.3 is 20.5 Å². The van der Waals surface area contributed by atoms with Crippen LogP contribution in [0.15, 0.2) is 18.2 Å². The fourth-order valence-corrected chi connectivity index (χ4v) is 2.05. The third-order valence-electron chi connectivity index (χ3n) is 3.27. The molecule has 1 fully saturated rings. The Morgan fingerprint density at radius 2 is 2.20 bits per heavy atom. The van der Waals surface area contributed by atoms with Gasteiger partial charge in [0.25, 0.3) is 5.91 Å². The Balaban J connectivity index is 1.89. The number of nitrogen functional groups attached to an aromatic ring is 1. The second-order valence-electron chi connectivity index (χ2n) is 4.63. The molecule has 0 saturated carbocycles. The molecule has 1 aliphatic heterocycles. The van der Waals surface area contributed by atoms with Crippen LogP contribution in [0.25, 0.3) is 0 Å². The van der Waals surface area contributed by atoms with Gasteiger partial charge in [0.1, 0.15) is 12.4 Å². The Hall–Kier alpha value is -1.79. The first-order valence-corrected chi connectivity index (χ1v) is 6.75. The van der Waals surface area contributed by atoms with Crippen LogP contribution in [0.2, 0.25) is 0 Å². The highest BCUT2D eigenvalue weighted by Crippen LogP contribution is 2.22. The minimum atomic E-state index is -0.150. The molecular formula is C14H21N3O3. The lowest BCUT2D eigenvalue weighted by Crippen LogP contribution is -2.38. The molecular weight excluding hydrogens is 258 g/mol. The molecule has 3 N–H and O–H groups in total. The van der Waals surface area contributed by atoms with Crippen LogP contribution < -0.4 is 15.8 Å². The highest BCUT2D eigenvalue weighted by atomic mass is 16.5. The number of nitrogens with two attached hydrogens (primary N) is 1. The Bertz CT molecular complexity index is 459. The highest BCUT2D eigenvalue weighted by molar-refractivity contribution is 5.95. The van der Waals surface area contributed by atoms with E-state index in [1.807, 2.05) is 0 Å². The number of carbonyl (C=O) groups excluding carboxylic acids is 1. The van der Waals surface area contributed by atoms with E-state index in [-0.39, 0.29) is 5.91 Å². The van der Waals surface area contributed by atoms with Crippen LogP contribution >= 0.6 is 0 Å². The normalized spacial score (nSPS) is 15.8. The minimum Gasteiger partial charge on any atom is -0.490 e. The number of morpholine rings is 1. The number of amides is 1. The summed E-state index contributed by atoms with van der Waals surface area (Å²) in [5, 5.41) is 2.58. The molecule has 0 aliphatic carbocycles. The number of rotatable bonds is 5. The maximum atomic E-state index is 11.6. The van der Waals surface area contributed by atoms with E-state index in [0.717, 1.165) is 32.8 Å². The predicted octanol–water partition coefficient (Wildman–Crippen LogP) is 0.339. The van der Waals surface area contributed by atoms with Crippen molar-refractivity contribution in [2.75, 3.05) is 52.2 Å². The molecule has 1 saturated heterocycles. The standard InChI is InChI=1S/C14H21N3O3/c1-16-14(18)11-2-3-12(15)13(10-11)20-9-6-17-4-7-19-8-5-17/h2-3,10H,4-9,15H2,1H3,(H,16,18). The van der Waals surface area contributed by atoms with Crippen LogP contribution in [0, 0.1) is 0 Å². The van der Waals surface area contributed by atoms with E-state index in [1.54, 1.807) is 25.2 Å². The molecule has 1 heterocycles. The van der Waals surface area contributed by atoms with Crippen molar-refractivity contribution in [2.24, 2.45) is 0 Å². The van der Waals surface area contributed by atoms with Crippen molar-refractivity contribution in [3.8, 4) is 5.75 Å². The molecule has 1 aliphatic rings. The number of benzene rings is 1. The molecule has 0 atom stereocenters. The summed E-state index contributed by atoms with van der Waals surface area (Å²) in [6, 6.07) is 5.05. The largest absolute Gasteiger partial charge is 0.490 e. The van der Waals surface area contributed by atoms with E-state index in [1.165, 1.54) is 0 Å². The van der Waals surface area contributed by atoms with Gasteiger partial charge in [0.15, 0.2) is 0 Å². The zero-order valence-electron chi connectivity index (χ0n) is 11.7. The van der Waals surface area contributed by atoms with Crippen molar-refractivity contribution in [3.63, 3.8) is 0 Å². The Morgan fingerprint density at radius 1 is 1.45 bits per heavy atom. The fourth-order valence-electron chi connectivity index (χ4n) is 2.05. The van der Waals surface area contributed by atoms with E-state index in [0.29, 0.717) is 23.6 Å². The molecule has 2 rings (SSSR count). The maximum Gasteiger partial charge on any atom is 0.251 e. The average molecular weight is 279 g/mol. The first-order valence-electron chi connectivity index (χ1n) is 6.75. The van der Waals surface area contributed by atoms with Crippen molar-refractivity contribution < 1.29 is 14.3 Å². The molecule has 0 radical (unpaired) electrons. The summed E-state index contributed by atoms with van der Waals surface area (Å²) >= 11 is 0. The van der Waals surface area contributed by atoms with Gasteiger partial charge in [-0.25, -0.2) is 0 Å². The number of nitrogens with zero attached hydrogens (tertiary/aromatic N) is 1. The lowest BCUT2D eigenvalue weighted by Gasteiger charge is -2.26. The van der Waals surface area contributed by atoms with E-state index in [2.05, 4.69) is 10.2 Å². The van der Waals surface area contributed by atoms with Crippen molar-refractivity contribution in [1.82, 2.24) is 10.2 Å². The van der Waals surface area contributed by atoms with Gasteiger partial charge in [-0.2, -0.15) is 0 Å². The topological polar surface area (TPSA) is 76.8 Å². The molecule has 1 amide bonds. The molecule has 0 aromatic heterocycles. The van der Waals surface area contributed by atoms with E-state index in [9.17, 15) is 4.79 Å². The first-order chi connectivity index (χ1) is 9.70. The number of hydrogen-bond acceptors (Lipinski definition) is 5. The summed E-state index contributed by atoms with van der Waals surface area (Å²) in [6.07, 6.45) is 0. The quantitative estimate of drug-likeness (QED) is 0.760. The Morgan fingerprint density at radius 3 is 2.90 bits per heavy atom. The van der Waals surface area contributed by atoms with Gasteiger partial charge in [0, 0.05) is 32.2 Å². The maximum absolute atomic E-state index is 11.6. The van der Waals surface area contributed by atoms with E-state index < -0.39 is 0 Å². The van der Waals surface area contributed by atoms with Crippen LogP contribution in [0.5, 0.6) is 5.75 Å². The average Bonchev–Trinajstić information content (AvgIpc) is 2.49. The smallest absolute Gasteiger partial charge is 0.251 e. The zero-order valence-corrected chi connectivity index (χ0v) is 11.7. The lowest BCUT2D eigenvalue weighted by atomic mass is 10.2. The summed E-state index contributed by atoms with van der Waals surface area (Å²) in [5.74, 6) is 0.405. The summed E-state index contributed by atoms with van der Waals surface area (Å²) in [4.78, 5) is 13.8. The number of anilines is 1. The van der Waals surface area contributed by atoms with Gasteiger partial charge in [-0.05, 0) is 18.2 Å². The SMILES string of the molecule is CNC(=O)c1ccc(N)c(OCCN2CCOCC2)c1. The summed E-state index contributed by atoms with van der Waals surface area (Å²) in [5.41, 5.74) is 6.95. The van der Waals surface area contributed by atoms with Crippen LogP contribution in [-0.4, -0.2) is 57.3 Å². The second kappa shape index (κ2) is 7.12. The van der Waals surface area contributed by atoms with Crippen molar-refractivity contribution >= 4 is 11.6 Å². The van der Waals surface area contributed by atoms with Crippen LogP contribution in [-0.2, 0) is 4.74 Å². The van der Waals surface area contributed by atoms with Gasteiger partial charge >= 0.3 is 0 Å². The third kappa shape index (κ3) is 3.85. The Labute approximate surface area is 118 Å². The monoisotopic (exact) mass is 279 g/mol. The van der Waals surface area contributed by atoms with Gasteiger partial charge in [0.2, 0.25) is 0 Å². The summed E-state index contributed by atoms with van der Waals surface area (Å²) < 4.78 is 11.0. The van der Waals surface area contributed by atoms with E-state index >= 15 is 0 Å². The number of carbonyl (C=O) groups is 1. The van der Waals surface area contributed by atoms with Crippen LogP contribution in [0.3, 0.4) is 0 Å². The van der Waals surface area contributed by atoms with Crippen LogP contribution in [0.4, 0.5) is 5.69 Å². The fraction of sp³-hybridized carbons (Fsp3) is 0.500. The Kier molecular flexibility index (Phi) is 5.20. The van der Waals surface area contributed by atoms with E-state index in [4.69, 9.17) is 15.2 Å². The van der Waals surface area contributed by atoms with Crippen molar-refractivity contribution in [2.45, 2.75) is 0 Å². The minimum absolute atomic E-state index is 0.150. The molecule has 6 heteroatoms. The molecule has 20 heavy (non-hydrogen) atoms. The lowest BCUT2D eigenvalue weighted by molar-refractivity contribution is 0.0323. The van der Waals surface area contributed by atoms with Gasteiger partial charge in [0.05, 0.1) is 18.9 Å². The highest BCUT2D eigenvalue weighted by Gasteiger charge is 2.11. The number of ether oxygens (including phenoxy) is 2.